The number of nitrogens with one attached hydrogen (secondary N) is 2. The number of nitrogens with zero attached hydrogens (tertiary/aromatic N) is 1. The van der Waals surface area contributed by atoms with Crippen molar-refractivity contribution in [1.29, 1.82) is 0 Å². The van der Waals surface area contributed by atoms with Gasteiger partial charge in [0, 0.05) is 45.1 Å². The highest BCUT2D eigenvalue weighted by Gasteiger charge is 2.37. The third kappa shape index (κ3) is 6.82. The molecule has 28 heavy (non-hydrogen) atoms. The fraction of sp³-hybridized carbons (Fsp3) is 0.636. The molecule has 6 nitrogen and oxygen atoms in total. The van der Waals surface area contributed by atoms with Gasteiger partial charge in [-0.25, -0.2) is 0 Å². The van der Waals surface area contributed by atoms with Crippen LogP contribution in [0.25, 0.3) is 0 Å². The quantitative estimate of drug-likeness (QED) is 0.572. The summed E-state index contributed by atoms with van der Waals surface area (Å²) >= 11 is 0. The van der Waals surface area contributed by atoms with Crippen LogP contribution in [-0.2, 0) is 9.59 Å². The van der Waals surface area contributed by atoms with E-state index in [1.54, 1.807) is 6.92 Å². The Labute approximate surface area is 168 Å². The fourth-order valence-corrected chi connectivity index (χ4v) is 3.90. The van der Waals surface area contributed by atoms with E-state index >= 15 is 0 Å². The van der Waals surface area contributed by atoms with E-state index in [2.05, 4.69) is 15.5 Å². The van der Waals surface area contributed by atoms with Crippen molar-refractivity contribution >= 4 is 11.8 Å². The van der Waals surface area contributed by atoms with E-state index in [9.17, 15) is 9.59 Å². The molecule has 1 aliphatic carbocycles. The van der Waals surface area contributed by atoms with Crippen molar-refractivity contribution in [3.63, 3.8) is 0 Å². The third-order valence-corrected chi connectivity index (χ3v) is 5.60. The van der Waals surface area contributed by atoms with Crippen LogP contribution in [0.5, 0.6) is 5.75 Å². The second-order valence-corrected chi connectivity index (χ2v) is 8.03. The van der Waals surface area contributed by atoms with Gasteiger partial charge in [-0.3, -0.25) is 14.5 Å². The van der Waals surface area contributed by atoms with E-state index in [4.69, 9.17) is 4.74 Å². The highest BCUT2D eigenvalue weighted by Crippen LogP contribution is 2.35. The first-order chi connectivity index (χ1) is 13.6. The molecular weight excluding hydrogens is 354 g/mol. The zero-order chi connectivity index (χ0) is 19.8. The van der Waals surface area contributed by atoms with Crippen LogP contribution >= 0.6 is 0 Å². The van der Waals surface area contributed by atoms with E-state index in [0.717, 1.165) is 37.5 Å². The van der Waals surface area contributed by atoms with Crippen molar-refractivity contribution in [2.45, 2.75) is 57.5 Å². The highest BCUT2D eigenvalue weighted by atomic mass is 16.5. The molecule has 1 aromatic carbocycles. The zero-order valence-corrected chi connectivity index (χ0v) is 16.9. The van der Waals surface area contributed by atoms with Crippen LogP contribution in [0.2, 0.25) is 0 Å². The number of ether oxygens (including phenoxy) is 1. The number of carbonyl (C=O) groups excluding carboxylic acids is 2. The molecule has 2 amide bonds. The number of hydrogen-bond acceptors (Lipinski definition) is 4. The van der Waals surface area contributed by atoms with Gasteiger partial charge in [-0.05, 0) is 50.2 Å². The maximum absolute atomic E-state index is 12.4. The number of para-hydroxylation sites is 1. The minimum absolute atomic E-state index is 0.0188. The molecule has 0 bridgehead atoms. The first-order valence-electron chi connectivity index (χ1n) is 10.6. The smallest absolute Gasteiger partial charge is 0.221 e. The minimum atomic E-state index is 0.0188. The van der Waals surface area contributed by atoms with Crippen molar-refractivity contribution in [2.75, 3.05) is 26.2 Å². The molecule has 2 aliphatic rings. The van der Waals surface area contributed by atoms with Gasteiger partial charge in [0.15, 0.2) is 0 Å². The molecule has 2 fully saturated rings. The van der Waals surface area contributed by atoms with Gasteiger partial charge >= 0.3 is 0 Å². The number of benzene rings is 1. The third-order valence-electron chi connectivity index (χ3n) is 5.60. The number of likely N-dealkylation sites (tertiary alicyclic amines) is 1. The van der Waals surface area contributed by atoms with Crippen LogP contribution in [0.1, 0.15) is 45.4 Å². The Kier molecular flexibility index (Phi) is 7.71. The molecule has 1 aliphatic heterocycles. The molecule has 0 radical (unpaired) electrons. The van der Waals surface area contributed by atoms with Crippen molar-refractivity contribution in [1.82, 2.24) is 15.5 Å². The highest BCUT2D eigenvalue weighted by molar-refractivity contribution is 5.76. The van der Waals surface area contributed by atoms with Gasteiger partial charge in [-0.15, -0.1) is 0 Å². The number of rotatable bonds is 11. The number of hydrogen-bond donors (Lipinski definition) is 2. The molecule has 0 unspecified atom stereocenters. The van der Waals surface area contributed by atoms with Gasteiger partial charge in [-0.2, -0.15) is 0 Å². The maximum atomic E-state index is 12.4. The van der Waals surface area contributed by atoms with Crippen LogP contribution in [0.4, 0.5) is 0 Å². The van der Waals surface area contributed by atoms with Crippen LogP contribution in [0, 0.1) is 5.92 Å². The van der Waals surface area contributed by atoms with Gasteiger partial charge in [0.05, 0.1) is 6.61 Å². The van der Waals surface area contributed by atoms with Crippen molar-refractivity contribution in [3.05, 3.63) is 30.3 Å². The first-order valence-corrected chi connectivity index (χ1v) is 10.6. The summed E-state index contributed by atoms with van der Waals surface area (Å²) in [6.45, 7) is 4.55. The Hall–Kier alpha value is -2.08. The summed E-state index contributed by atoms with van der Waals surface area (Å²) in [5.41, 5.74) is 0. The van der Waals surface area contributed by atoms with Crippen LogP contribution in [-0.4, -0.2) is 55.0 Å². The molecule has 1 saturated heterocycles. The molecule has 0 aromatic heterocycles. The maximum Gasteiger partial charge on any atom is 0.221 e. The Balaban J connectivity index is 1.36. The van der Waals surface area contributed by atoms with Crippen LogP contribution in [0.15, 0.2) is 30.3 Å². The summed E-state index contributed by atoms with van der Waals surface area (Å²) < 4.78 is 5.66. The molecule has 2 atom stereocenters. The molecular formula is C22H33N3O3. The largest absolute Gasteiger partial charge is 0.494 e. The fourth-order valence-electron chi connectivity index (χ4n) is 3.90. The summed E-state index contributed by atoms with van der Waals surface area (Å²) in [4.78, 5) is 26.1. The average Bonchev–Trinajstić information content (AvgIpc) is 3.43. The van der Waals surface area contributed by atoms with Gasteiger partial charge in [0.25, 0.3) is 0 Å². The molecule has 0 spiro atoms. The number of carbonyl (C=O) groups is 2. The lowest BCUT2D eigenvalue weighted by atomic mass is 10.1. The molecule has 1 saturated carbocycles. The monoisotopic (exact) mass is 387 g/mol. The lowest BCUT2D eigenvalue weighted by molar-refractivity contribution is -0.122. The summed E-state index contributed by atoms with van der Waals surface area (Å²) in [7, 11) is 0. The first kappa shape index (κ1) is 20.6. The second-order valence-electron chi connectivity index (χ2n) is 8.03. The Morgan fingerprint density at radius 3 is 2.54 bits per heavy atom. The van der Waals surface area contributed by atoms with E-state index in [0.29, 0.717) is 38.2 Å². The summed E-state index contributed by atoms with van der Waals surface area (Å²) in [6.07, 6.45) is 6.01. The van der Waals surface area contributed by atoms with Crippen molar-refractivity contribution < 1.29 is 14.3 Å². The van der Waals surface area contributed by atoms with Crippen molar-refractivity contribution in [3.8, 4) is 5.75 Å². The molecule has 1 aromatic rings. The average molecular weight is 388 g/mol. The van der Waals surface area contributed by atoms with Crippen molar-refractivity contribution in [2.24, 2.45) is 5.92 Å². The van der Waals surface area contributed by atoms with Gasteiger partial charge in [-0.1, -0.05) is 18.2 Å². The van der Waals surface area contributed by atoms with Crippen LogP contribution < -0.4 is 15.4 Å². The lowest BCUT2D eigenvalue weighted by Crippen LogP contribution is -2.45. The summed E-state index contributed by atoms with van der Waals surface area (Å²) in [5.74, 6) is 1.77. The summed E-state index contributed by atoms with van der Waals surface area (Å²) in [6, 6.07) is 10.4. The standard InChI is InChI=1S/C22H33N3O3/c1-17(26)24-15-20-11-10-19(25(20)16-18-8-9-18)14-22(27)23-12-5-13-28-21-6-3-2-4-7-21/h2-4,6-7,18-20H,5,8-16H2,1H3,(H,23,27)(H,24,26)/t19-,20+/m0/s1. The Bertz CT molecular complexity index is 633. The van der Waals surface area contributed by atoms with E-state index in [1.165, 1.54) is 12.8 Å². The number of amides is 2. The minimum Gasteiger partial charge on any atom is -0.494 e. The van der Waals surface area contributed by atoms with E-state index in [-0.39, 0.29) is 11.8 Å². The molecule has 1 heterocycles. The normalized spacial score (nSPS) is 22.0. The SMILES string of the molecule is CC(=O)NC[C@H]1CC[C@@H](CC(=O)NCCCOc2ccccc2)N1CC1CC1. The lowest BCUT2D eigenvalue weighted by Gasteiger charge is -2.30. The molecule has 3 rings (SSSR count). The Morgan fingerprint density at radius 1 is 1.07 bits per heavy atom. The predicted molar refractivity (Wildman–Crippen MR) is 109 cm³/mol. The Morgan fingerprint density at radius 2 is 1.82 bits per heavy atom. The second kappa shape index (κ2) is 10.5. The van der Waals surface area contributed by atoms with Crippen LogP contribution in [0.3, 0.4) is 0 Å². The zero-order valence-electron chi connectivity index (χ0n) is 16.9. The summed E-state index contributed by atoms with van der Waals surface area (Å²) in [5, 5.41) is 5.99. The van der Waals surface area contributed by atoms with E-state index < -0.39 is 0 Å². The topological polar surface area (TPSA) is 70.7 Å². The molecule has 6 heteroatoms. The van der Waals surface area contributed by atoms with E-state index in [1.807, 2.05) is 30.3 Å². The molecule has 2 N–H and O–H groups in total. The predicted octanol–water partition coefficient (Wildman–Crippen LogP) is 2.34. The van der Waals surface area contributed by atoms with Gasteiger partial charge in [0.2, 0.25) is 11.8 Å². The van der Waals surface area contributed by atoms with Gasteiger partial charge < -0.3 is 15.4 Å². The van der Waals surface area contributed by atoms with Gasteiger partial charge in [0.1, 0.15) is 5.75 Å². The molecule has 154 valence electrons.